The highest BCUT2D eigenvalue weighted by Gasteiger charge is 2.29. The number of carbonyl (C=O) groups excluding carboxylic acids is 5. The lowest BCUT2D eigenvalue weighted by Gasteiger charge is -2.25. The van der Waals surface area contributed by atoms with Crippen LogP contribution in [0.4, 0.5) is 9.59 Å². The monoisotopic (exact) mass is 689 g/mol. The first-order valence-electron chi connectivity index (χ1n) is 16.6. The van der Waals surface area contributed by atoms with Crippen LogP contribution in [-0.4, -0.2) is 54.3 Å². The van der Waals surface area contributed by atoms with E-state index in [0.717, 1.165) is 16.7 Å². The molecule has 2 atom stereocenters. The molecule has 0 aliphatic heterocycles. The standard InChI is InChI=1S/C38H47N3O9/c1-38(2,3)50-37(46)41-31(21-13-14-24-39-36(45)49-27-30-19-11-6-12-20-30)34(43)40-32(35(44)48-26-29-17-9-5-10-18-29)22-23-33(42)47-25-28-15-7-4-8-16-28/h4-12,15-20,31-32H,13-14,21-27H2,1-3H3,(H,39,45)(H,40,43)(H,41,46)/t31-,32-/m0/s1. The summed E-state index contributed by atoms with van der Waals surface area (Å²) in [7, 11) is 0. The smallest absolute Gasteiger partial charge is 0.408 e. The van der Waals surface area contributed by atoms with Crippen LogP contribution in [0.2, 0.25) is 0 Å². The number of benzene rings is 3. The van der Waals surface area contributed by atoms with Gasteiger partial charge in [-0.1, -0.05) is 91.0 Å². The predicted octanol–water partition coefficient (Wildman–Crippen LogP) is 5.73. The van der Waals surface area contributed by atoms with Gasteiger partial charge in [-0.25, -0.2) is 14.4 Å². The van der Waals surface area contributed by atoms with Crippen molar-refractivity contribution in [2.75, 3.05) is 6.54 Å². The third-order valence-corrected chi connectivity index (χ3v) is 7.11. The van der Waals surface area contributed by atoms with E-state index in [9.17, 15) is 24.0 Å². The van der Waals surface area contributed by atoms with E-state index in [1.807, 2.05) is 66.7 Å². The second-order valence-electron chi connectivity index (χ2n) is 12.5. The first-order valence-corrected chi connectivity index (χ1v) is 16.6. The molecule has 0 radical (unpaired) electrons. The molecule has 3 aromatic carbocycles. The Balaban J connectivity index is 1.59. The summed E-state index contributed by atoms with van der Waals surface area (Å²) >= 11 is 0. The molecule has 0 unspecified atom stereocenters. The minimum absolute atomic E-state index is 0.0368. The predicted molar refractivity (Wildman–Crippen MR) is 185 cm³/mol. The van der Waals surface area contributed by atoms with Gasteiger partial charge in [0.15, 0.2) is 0 Å². The molecular weight excluding hydrogens is 642 g/mol. The Morgan fingerprint density at radius 3 is 1.66 bits per heavy atom. The number of nitrogens with one attached hydrogen (secondary N) is 3. The van der Waals surface area contributed by atoms with Crippen LogP contribution < -0.4 is 16.0 Å². The summed E-state index contributed by atoms with van der Waals surface area (Å²) < 4.78 is 21.4. The number of hydrogen-bond acceptors (Lipinski definition) is 9. The molecule has 0 aliphatic carbocycles. The topological polar surface area (TPSA) is 158 Å². The maximum atomic E-state index is 13.6. The van der Waals surface area contributed by atoms with Gasteiger partial charge < -0.3 is 34.9 Å². The first kappa shape index (κ1) is 39.1. The molecule has 50 heavy (non-hydrogen) atoms. The Bertz CT molecular complexity index is 1500. The summed E-state index contributed by atoms with van der Waals surface area (Å²) in [5.41, 5.74) is 1.59. The number of rotatable bonds is 18. The van der Waals surface area contributed by atoms with Crippen LogP contribution in [0.3, 0.4) is 0 Å². The van der Waals surface area contributed by atoms with Crippen molar-refractivity contribution in [2.45, 2.75) is 90.4 Å². The maximum Gasteiger partial charge on any atom is 0.408 e. The zero-order valence-corrected chi connectivity index (χ0v) is 28.9. The van der Waals surface area contributed by atoms with Crippen molar-refractivity contribution >= 4 is 30.0 Å². The largest absolute Gasteiger partial charge is 0.461 e. The van der Waals surface area contributed by atoms with Crippen LogP contribution in [0.25, 0.3) is 0 Å². The Labute approximate surface area is 293 Å². The van der Waals surface area contributed by atoms with Gasteiger partial charge in [0.2, 0.25) is 5.91 Å². The molecule has 3 N–H and O–H groups in total. The van der Waals surface area contributed by atoms with Crippen LogP contribution >= 0.6 is 0 Å². The molecule has 3 amide bonds. The molecule has 12 nitrogen and oxygen atoms in total. The van der Waals surface area contributed by atoms with Gasteiger partial charge in [-0.05, 0) is 63.1 Å². The van der Waals surface area contributed by atoms with E-state index < -0.39 is 47.7 Å². The lowest BCUT2D eigenvalue weighted by molar-refractivity contribution is -0.150. The molecule has 0 heterocycles. The highest BCUT2D eigenvalue weighted by Crippen LogP contribution is 2.12. The number of ether oxygens (including phenoxy) is 4. The van der Waals surface area contributed by atoms with Gasteiger partial charge in [-0.2, -0.15) is 0 Å². The second-order valence-corrected chi connectivity index (χ2v) is 12.5. The molecule has 0 bridgehead atoms. The fourth-order valence-corrected chi connectivity index (χ4v) is 4.58. The van der Waals surface area contributed by atoms with Crippen molar-refractivity contribution in [1.82, 2.24) is 16.0 Å². The minimum Gasteiger partial charge on any atom is -0.461 e. The summed E-state index contributed by atoms with van der Waals surface area (Å²) in [5, 5.41) is 7.92. The normalized spacial score (nSPS) is 12.1. The van der Waals surface area contributed by atoms with Crippen molar-refractivity contribution in [3.63, 3.8) is 0 Å². The van der Waals surface area contributed by atoms with Crippen LogP contribution in [0.1, 0.15) is 69.6 Å². The summed E-state index contributed by atoms with van der Waals surface area (Å²) in [6.45, 7) is 5.52. The summed E-state index contributed by atoms with van der Waals surface area (Å²) in [6.07, 6.45) is -0.605. The van der Waals surface area contributed by atoms with Crippen molar-refractivity contribution in [1.29, 1.82) is 0 Å². The average Bonchev–Trinajstić information content (AvgIpc) is 3.10. The van der Waals surface area contributed by atoms with E-state index in [1.54, 1.807) is 45.0 Å². The molecule has 0 spiro atoms. The molecular formula is C38H47N3O9. The summed E-state index contributed by atoms with van der Waals surface area (Å²) in [5.74, 6) is -1.96. The third-order valence-electron chi connectivity index (χ3n) is 7.11. The molecule has 3 rings (SSSR count). The summed E-state index contributed by atoms with van der Waals surface area (Å²) in [4.78, 5) is 64.2. The fraction of sp³-hybridized carbons (Fsp3) is 0.395. The van der Waals surface area contributed by atoms with Gasteiger partial charge in [-0.3, -0.25) is 9.59 Å². The molecule has 12 heteroatoms. The number of amides is 3. The van der Waals surface area contributed by atoms with E-state index >= 15 is 0 Å². The zero-order valence-electron chi connectivity index (χ0n) is 28.9. The molecule has 3 aromatic rings. The van der Waals surface area contributed by atoms with Gasteiger partial charge in [0.25, 0.3) is 0 Å². The van der Waals surface area contributed by atoms with Crippen molar-refractivity contribution in [3.8, 4) is 0 Å². The Kier molecular flexibility index (Phi) is 16.3. The quantitative estimate of drug-likeness (QED) is 0.0862. The number of hydrogen-bond donors (Lipinski definition) is 3. The van der Waals surface area contributed by atoms with Crippen LogP contribution in [-0.2, 0) is 53.2 Å². The van der Waals surface area contributed by atoms with Crippen molar-refractivity contribution < 1.29 is 42.9 Å². The number of alkyl carbamates (subject to hydrolysis) is 2. The molecule has 0 saturated carbocycles. The van der Waals surface area contributed by atoms with E-state index in [0.29, 0.717) is 12.8 Å². The molecule has 268 valence electrons. The maximum absolute atomic E-state index is 13.6. The SMILES string of the molecule is CC(C)(C)OC(=O)N[C@@H](CCCCNC(=O)OCc1ccccc1)C(=O)N[C@@H](CCC(=O)OCc1ccccc1)C(=O)OCc1ccccc1. The Morgan fingerprint density at radius 2 is 1.12 bits per heavy atom. The van der Waals surface area contributed by atoms with Crippen molar-refractivity contribution in [2.24, 2.45) is 0 Å². The average molecular weight is 690 g/mol. The fourth-order valence-electron chi connectivity index (χ4n) is 4.58. The lowest BCUT2D eigenvalue weighted by Crippen LogP contribution is -2.52. The Hall–Kier alpha value is -5.39. The van der Waals surface area contributed by atoms with Crippen LogP contribution in [0.15, 0.2) is 91.0 Å². The highest BCUT2D eigenvalue weighted by molar-refractivity contribution is 5.90. The highest BCUT2D eigenvalue weighted by atomic mass is 16.6. The van der Waals surface area contributed by atoms with E-state index in [-0.39, 0.29) is 45.6 Å². The van der Waals surface area contributed by atoms with Gasteiger partial charge in [0, 0.05) is 13.0 Å². The van der Waals surface area contributed by atoms with Gasteiger partial charge in [0.1, 0.15) is 37.5 Å². The van der Waals surface area contributed by atoms with Crippen molar-refractivity contribution in [3.05, 3.63) is 108 Å². The van der Waals surface area contributed by atoms with Crippen LogP contribution in [0, 0.1) is 0 Å². The first-order chi connectivity index (χ1) is 24.0. The Morgan fingerprint density at radius 1 is 0.600 bits per heavy atom. The van der Waals surface area contributed by atoms with E-state index in [1.165, 1.54) is 0 Å². The number of carbonyl (C=O) groups is 5. The minimum atomic E-state index is -1.21. The van der Waals surface area contributed by atoms with E-state index in [2.05, 4.69) is 16.0 Å². The van der Waals surface area contributed by atoms with Gasteiger partial charge in [-0.15, -0.1) is 0 Å². The molecule has 0 aromatic heterocycles. The van der Waals surface area contributed by atoms with Gasteiger partial charge in [0.05, 0.1) is 0 Å². The molecule has 0 fully saturated rings. The molecule has 0 aliphatic rings. The molecule has 0 saturated heterocycles. The van der Waals surface area contributed by atoms with E-state index in [4.69, 9.17) is 18.9 Å². The van der Waals surface area contributed by atoms with Gasteiger partial charge >= 0.3 is 24.1 Å². The third kappa shape index (κ3) is 16.1. The number of esters is 2. The lowest BCUT2D eigenvalue weighted by atomic mass is 10.1. The summed E-state index contributed by atoms with van der Waals surface area (Å²) in [6, 6.07) is 25.2. The van der Waals surface area contributed by atoms with Crippen LogP contribution in [0.5, 0.6) is 0 Å². The zero-order chi connectivity index (χ0) is 36.2. The number of unbranched alkanes of at least 4 members (excludes halogenated alkanes) is 1. The second kappa shape index (κ2) is 20.9.